The number of guanidine groups is 1. The van der Waals surface area contributed by atoms with Crippen LogP contribution in [0.2, 0.25) is 0 Å². The highest BCUT2D eigenvalue weighted by Crippen LogP contribution is 2.26. The Labute approximate surface area is 145 Å². The molecule has 2 aromatic rings. The highest BCUT2D eigenvalue weighted by Gasteiger charge is 2.10. The van der Waals surface area contributed by atoms with Crippen molar-refractivity contribution in [3.05, 3.63) is 65.2 Å². The van der Waals surface area contributed by atoms with E-state index in [9.17, 15) is 9.59 Å². The Bertz CT molecular complexity index is 856. The number of carbonyl (C=O) groups is 2. The fourth-order valence-electron chi connectivity index (χ4n) is 2.34. The second-order valence-electron chi connectivity index (χ2n) is 5.35. The number of methoxy groups -OCH3 is 1. The van der Waals surface area contributed by atoms with Crippen molar-refractivity contribution in [2.45, 2.75) is 6.92 Å². The lowest BCUT2D eigenvalue weighted by Crippen LogP contribution is -2.36. The van der Waals surface area contributed by atoms with E-state index in [2.05, 4.69) is 5.32 Å². The standard InChI is InChI=1S/C19H19N3O3/c1-12(17(23)22-19(20)21)10-13-6-3-4-9-16(13)14-7-5-8-15(11-14)18(24)25-2/h3-11H,1-2H3,(H4,20,21,22,23)/b12-10+. The van der Waals surface area contributed by atoms with Crippen molar-refractivity contribution in [3.63, 3.8) is 0 Å². The molecule has 0 spiro atoms. The topological polar surface area (TPSA) is 105 Å². The van der Waals surface area contributed by atoms with Crippen LogP contribution in [0.4, 0.5) is 0 Å². The van der Waals surface area contributed by atoms with Gasteiger partial charge in [-0.3, -0.25) is 15.5 Å². The van der Waals surface area contributed by atoms with E-state index in [-0.39, 0.29) is 0 Å². The first-order valence-corrected chi connectivity index (χ1v) is 7.54. The van der Waals surface area contributed by atoms with Crippen molar-refractivity contribution in [1.82, 2.24) is 5.32 Å². The molecule has 2 rings (SSSR count). The van der Waals surface area contributed by atoms with Gasteiger partial charge in [0, 0.05) is 5.57 Å². The molecule has 1 amide bonds. The predicted molar refractivity (Wildman–Crippen MR) is 96.9 cm³/mol. The molecule has 0 heterocycles. The van der Waals surface area contributed by atoms with Gasteiger partial charge in [-0.1, -0.05) is 36.4 Å². The third-order valence-corrected chi connectivity index (χ3v) is 3.53. The zero-order valence-electron chi connectivity index (χ0n) is 14.0. The predicted octanol–water partition coefficient (Wildman–Crippen LogP) is 2.55. The maximum Gasteiger partial charge on any atom is 0.337 e. The summed E-state index contributed by atoms with van der Waals surface area (Å²) in [6, 6.07) is 14.6. The van der Waals surface area contributed by atoms with Gasteiger partial charge in [0.25, 0.3) is 5.91 Å². The molecule has 0 atom stereocenters. The minimum Gasteiger partial charge on any atom is -0.465 e. The summed E-state index contributed by atoms with van der Waals surface area (Å²) in [5.74, 6) is -1.26. The van der Waals surface area contributed by atoms with Gasteiger partial charge in [-0.15, -0.1) is 0 Å². The number of hydrogen-bond acceptors (Lipinski definition) is 4. The number of ether oxygens (including phenoxy) is 1. The molecule has 0 aliphatic rings. The maximum atomic E-state index is 11.9. The van der Waals surface area contributed by atoms with Crippen molar-refractivity contribution >= 4 is 23.9 Å². The first-order valence-electron chi connectivity index (χ1n) is 7.54. The second-order valence-corrected chi connectivity index (χ2v) is 5.35. The van der Waals surface area contributed by atoms with E-state index in [1.807, 2.05) is 30.3 Å². The summed E-state index contributed by atoms with van der Waals surface area (Å²) < 4.78 is 4.75. The van der Waals surface area contributed by atoms with Crippen LogP contribution in [0.3, 0.4) is 0 Å². The van der Waals surface area contributed by atoms with Crippen LogP contribution in [-0.2, 0) is 9.53 Å². The highest BCUT2D eigenvalue weighted by molar-refractivity contribution is 6.06. The normalized spacial score (nSPS) is 10.9. The molecule has 0 unspecified atom stereocenters. The molecule has 0 radical (unpaired) electrons. The van der Waals surface area contributed by atoms with Crippen LogP contribution in [0.5, 0.6) is 0 Å². The van der Waals surface area contributed by atoms with E-state index in [0.29, 0.717) is 11.1 Å². The molecule has 0 aromatic heterocycles. The van der Waals surface area contributed by atoms with Crippen molar-refractivity contribution in [2.24, 2.45) is 5.73 Å². The Morgan fingerprint density at radius 2 is 1.88 bits per heavy atom. The van der Waals surface area contributed by atoms with Gasteiger partial charge in [-0.2, -0.15) is 0 Å². The third kappa shape index (κ3) is 4.54. The average Bonchev–Trinajstić information content (AvgIpc) is 2.61. The Morgan fingerprint density at radius 1 is 1.16 bits per heavy atom. The molecular weight excluding hydrogens is 318 g/mol. The van der Waals surface area contributed by atoms with Gasteiger partial charge >= 0.3 is 5.97 Å². The van der Waals surface area contributed by atoms with Gasteiger partial charge in [0.1, 0.15) is 0 Å². The van der Waals surface area contributed by atoms with Crippen LogP contribution in [0.15, 0.2) is 54.1 Å². The molecule has 128 valence electrons. The number of carbonyl (C=O) groups excluding carboxylic acids is 2. The van der Waals surface area contributed by atoms with Crippen molar-refractivity contribution in [2.75, 3.05) is 7.11 Å². The minimum atomic E-state index is -0.439. The number of nitrogens with one attached hydrogen (secondary N) is 2. The largest absolute Gasteiger partial charge is 0.465 e. The van der Waals surface area contributed by atoms with Crippen LogP contribution >= 0.6 is 0 Å². The van der Waals surface area contributed by atoms with Crippen molar-refractivity contribution in [3.8, 4) is 11.1 Å². The summed E-state index contributed by atoms with van der Waals surface area (Å²) in [4.78, 5) is 23.7. The van der Waals surface area contributed by atoms with Crippen molar-refractivity contribution < 1.29 is 14.3 Å². The summed E-state index contributed by atoms with van der Waals surface area (Å²) in [7, 11) is 1.34. The minimum absolute atomic E-state index is 0.406. The molecule has 4 N–H and O–H groups in total. The van der Waals surface area contributed by atoms with Gasteiger partial charge in [0.15, 0.2) is 5.96 Å². The van der Waals surface area contributed by atoms with Crippen molar-refractivity contribution in [1.29, 1.82) is 5.41 Å². The fraction of sp³-hybridized carbons (Fsp3) is 0.105. The summed E-state index contributed by atoms with van der Waals surface area (Å²) >= 11 is 0. The zero-order chi connectivity index (χ0) is 18.4. The van der Waals surface area contributed by atoms with Gasteiger partial charge in [0.05, 0.1) is 12.7 Å². The number of hydrogen-bond donors (Lipinski definition) is 3. The van der Waals surface area contributed by atoms with E-state index in [1.54, 1.807) is 31.2 Å². The second kappa shape index (κ2) is 7.92. The lowest BCUT2D eigenvalue weighted by Gasteiger charge is -2.09. The third-order valence-electron chi connectivity index (χ3n) is 3.53. The number of benzene rings is 2. The molecule has 0 bridgehead atoms. The monoisotopic (exact) mass is 337 g/mol. The zero-order valence-corrected chi connectivity index (χ0v) is 14.0. The number of esters is 1. The van der Waals surface area contributed by atoms with Gasteiger partial charge in [-0.25, -0.2) is 4.79 Å². The van der Waals surface area contributed by atoms with E-state index in [0.717, 1.165) is 16.7 Å². The van der Waals surface area contributed by atoms with Crippen LogP contribution in [-0.4, -0.2) is 24.9 Å². The van der Waals surface area contributed by atoms with Crippen LogP contribution in [0.25, 0.3) is 17.2 Å². The Kier molecular flexibility index (Phi) is 5.68. The van der Waals surface area contributed by atoms with E-state index < -0.39 is 17.8 Å². The smallest absolute Gasteiger partial charge is 0.337 e. The average molecular weight is 337 g/mol. The Hall–Kier alpha value is -3.41. The van der Waals surface area contributed by atoms with E-state index >= 15 is 0 Å². The summed E-state index contributed by atoms with van der Waals surface area (Å²) in [6.07, 6.45) is 1.71. The van der Waals surface area contributed by atoms with Gasteiger partial charge in [-0.05, 0) is 41.8 Å². The molecule has 25 heavy (non-hydrogen) atoms. The molecule has 0 saturated carbocycles. The molecular formula is C19H19N3O3. The lowest BCUT2D eigenvalue weighted by atomic mass is 9.97. The fourth-order valence-corrected chi connectivity index (χ4v) is 2.34. The van der Waals surface area contributed by atoms with Crippen LogP contribution in [0, 0.1) is 5.41 Å². The summed E-state index contributed by atoms with van der Waals surface area (Å²) in [5, 5.41) is 9.38. The maximum absolute atomic E-state index is 11.9. The van der Waals surface area contributed by atoms with Crippen LogP contribution < -0.4 is 11.1 Å². The van der Waals surface area contributed by atoms with Crippen LogP contribution in [0.1, 0.15) is 22.8 Å². The molecule has 6 heteroatoms. The van der Waals surface area contributed by atoms with Gasteiger partial charge < -0.3 is 10.5 Å². The van der Waals surface area contributed by atoms with E-state index in [1.165, 1.54) is 7.11 Å². The number of amides is 1. The Morgan fingerprint density at radius 3 is 2.56 bits per heavy atom. The molecule has 6 nitrogen and oxygen atoms in total. The molecule has 0 saturated heterocycles. The molecule has 2 aromatic carbocycles. The number of rotatable bonds is 4. The SMILES string of the molecule is COC(=O)c1cccc(-c2ccccc2/C=C(\C)C(=O)NC(=N)N)c1. The summed E-state index contributed by atoms with van der Waals surface area (Å²) in [5.41, 5.74) is 8.54. The van der Waals surface area contributed by atoms with Gasteiger partial charge in [0.2, 0.25) is 0 Å². The molecule has 0 fully saturated rings. The quantitative estimate of drug-likeness (QED) is 0.345. The first kappa shape index (κ1) is 17.9. The summed E-state index contributed by atoms with van der Waals surface area (Å²) in [6.45, 7) is 1.64. The first-order chi connectivity index (χ1) is 11.9. The number of nitrogens with two attached hydrogens (primary N) is 1. The molecule has 0 aliphatic heterocycles. The Balaban J connectivity index is 2.44. The lowest BCUT2D eigenvalue weighted by molar-refractivity contribution is -0.116. The van der Waals surface area contributed by atoms with E-state index in [4.69, 9.17) is 15.9 Å². The molecule has 0 aliphatic carbocycles. The highest BCUT2D eigenvalue weighted by atomic mass is 16.5.